The first kappa shape index (κ1) is 12.8. The van der Waals surface area contributed by atoms with E-state index in [2.05, 4.69) is 49.1 Å². The fraction of sp³-hybridized carbons (Fsp3) is 0.538. The van der Waals surface area contributed by atoms with Crippen molar-refractivity contribution in [1.82, 2.24) is 15.3 Å². The van der Waals surface area contributed by atoms with E-state index in [0.29, 0.717) is 0 Å². The van der Waals surface area contributed by atoms with Crippen molar-refractivity contribution in [3.8, 4) is 0 Å². The molecular formula is C13H21N3. The van der Waals surface area contributed by atoms with Crippen LogP contribution in [0.2, 0.25) is 0 Å². The first-order valence-electron chi connectivity index (χ1n) is 5.66. The highest BCUT2D eigenvalue weighted by Gasteiger charge is 2.06. The monoisotopic (exact) mass is 219 g/mol. The molecule has 1 aromatic heterocycles. The van der Waals surface area contributed by atoms with E-state index >= 15 is 0 Å². The van der Waals surface area contributed by atoms with Crippen molar-refractivity contribution in [2.75, 3.05) is 6.54 Å². The minimum Gasteiger partial charge on any atom is -0.312 e. The SMILES string of the molecule is CC(=CCCNC(C)(C)C)c1cncnc1. The smallest absolute Gasteiger partial charge is 0.115 e. The van der Waals surface area contributed by atoms with Crippen molar-refractivity contribution >= 4 is 5.57 Å². The minimum atomic E-state index is 0.192. The summed E-state index contributed by atoms with van der Waals surface area (Å²) in [4.78, 5) is 8.01. The van der Waals surface area contributed by atoms with Crippen LogP contribution < -0.4 is 5.32 Å². The lowest BCUT2D eigenvalue weighted by molar-refractivity contribution is 0.431. The van der Waals surface area contributed by atoms with E-state index in [1.807, 2.05) is 12.4 Å². The van der Waals surface area contributed by atoms with Crippen LogP contribution in [0.3, 0.4) is 0 Å². The van der Waals surface area contributed by atoms with Crippen molar-refractivity contribution in [1.29, 1.82) is 0 Å². The minimum absolute atomic E-state index is 0.192. The molecule has 1 aromatic rings. The van der Waals surface area contributed by atoms with Gasteiger partial charge in [-0.25, -0.2) is 9.97 Å². The predicted molar refractivity (Wildman–Crippen MR) is 68.1 cm³/mol. The second kappa shape index (κ2) is 5.75. The summed E-state index contributed by atoms with van der Waals surface area (Å²) in [5.74, 6) is 0. The summed E-state index contributed by atoms with van der Waals surface area (Å²) < 4.78 is 0. The Bertz CT molecular complexity index is 336. The molecule has 0 fully saturated rings. The van der Waals surface area contributed by atoms with Crippen LogP contribution in [0.15, 0.2) is 24.8 Å². The Morgan fingerprint density at radius 1 is 1.31 bits per heavy atom. The van der Waals surface area contributed by atoms with E-state index in [9.17, 15) is 0 Å². The molecule has 3 heteroatoms. The molecule has 1 heterocycles. The maximum absolute atomic E-state index is 4.01. The second-order valence-corrected chi connectivity index (χ2v) is 4.98. The van der Waals surface area contributed by atoms with Gasteiger partial charge in [-0.05, 0) is 46.2 Å². The lowest BCUT2D eigenvalue weighted by Gasteiger charge is -2.19. The third-order valence-corrected chi connectivity index (χ3v) is 2.27. The van der Waals surface area contributed by atoms with Gasteiger partial charge < -0.3 is 5.32 Å². The highest BCUT2D eigenvalue weighted by atomic mass is 14.9. The van der Waals surface area contributed by atoms with Gasteiger partial charge in [-0.1, -0.05) is 6.08 Å². The van der Waals surface area contributed by atoms with Gasteiger partial charge in [0.2, 0.25) is 0 Å². The van der Waals surface area contributed by atoms with Crippen molar-refractivity contribution in [3.63, 3.8) is 0 Å². The molecule has 0 saturated carbocycles. The summed E-state index contributed by atoms with van der Waals surface area (Å²) >= 11 is 0. The van der Waals surface area contributed by atoms with Crippen LogP contribution in [0.5, 0.6) is 0 Å². The number of nitrogens with zero attached hydrogens (tertiary/aromatic N) is 2. The van der Waals surface area contributed by atoms with Gasteiger partial charge in [-0.2, -0.15) is 0 Å². The van der Waals surface area contributed by atoms with E-state index in [-0.39, 0.29) is 5.54 Å². The van der Waals surface area contributed by atoms with Gasteiger partial charge >= 0.3 is 0 Å². The summed E-state index contributed by atoms with van der Waals surface area (Å²) in [6.07, 6.45) is 8.49. The van der Waals surface area contributed by atoms with Gasteiger partial charge in [0.1, 0.15) is 6.33 Å². The predicted octanol–water partition coefficient (Wildman–Crippen LogP) is 2.66. The van der Waals surface area contributed by atoms with E-state index in [4.69, 9.17) is 0 Å². The van der Waals surface area contributed by atoms with E-state index in [1.54, 1.807) is 6.33 Å². The van der Waals surface area contributed by atoms with Gasteiger partial charge in [0.25, 0.3) is 0 Å². The number of aromatic nitrogens is 2. The molecule has 16 heavy (non-hydrogen) atoms. The van der Waals surface area contributed by atoms with Crippen molar-refractivity contribution < 1.29 is 0 Å². The lowest BCUT2D eigenvalue weighted by Crippen LogP contribution is -2.36. The summed E-state index contributed by atoms with van der Waals surface area (Å²) in [7, 11) is 0. The molecule has 0 bridgehead atoms. The second-order valence-electron chi connectivity index (χ2n) is 4.98. The number of allylic oxidation sites excluding steroid dienone is 1. The number of hydrogen-bond donors (Lipinski definition) is 1. The molecule has 0 unspecified atom stereocenters. The molecule has 0 radical (unpaired) electrons. The van der Waals surface area contributed by atoms with Gasteiger partial charge in [0.15, 0.2) is 0 Å². The molecule has 0 atom stereocenters. The standard InChI is InChI=1S/C13H21N3/c1-11(12-8-14-10-15-9-12)6-5-7-16-13(2,3)4/h6,8-10,16H,5,7H2,1-4H3. The molecule has 0 aliphatic carbocycles. The van der Waals surface area contributed by atoms with Crippen molar-refractivity contribution in [3.05, 3.63) is 30.4 Å². The fourth-order valence-electron chi connectivity index (χ4n) is 1.36. The topological polar surface area (TPSA) is 37.8 Å². The molecule has 0 aliphatic heterocycles. The van der Waals surface area contributed by atoms with Crippen LogP contribution in [0.1, 0.15) is 39.7 Å². The van der Waals surface area contributed by atoms with E-state index < -0.39 is 0 Å². The maximum Gasteiger partial charge on any atom is 0.115 e. The molecule has 88 valence electrons. The Kier molecular flexibility index (Phi) is 4.62. The maximum atomic E-state index is 4.01. The van der Waals surface area contributed by atoms with Gasteiger partial charge in [0.05, 0.1) is 0 Å². The Morgan fingerprint density at radius 3 is 2.50 bits per heavy atom. The number of nitrogens with one attached hydrogen (secondary N) is 1. The van der Waals surface area contributed by atoms with Crippen molar-refractivity contribution in [2.45, 2.75) is 39.7 Å². The fourth-order valence-corrected chi connectivity index (χ4v) is 1.36. The third-order valence-electron chi connectivity index (χ3n) is 2.27. The molecule has 1 N–H and O–H groups in total. The summed E-state index contributed by atoms with van der Waals surface area (Å²) in [5.41, 5.74) is 2.52. The molecule has 0 aliphatic rings. The molecule has 0 spiro atoms. The molecule has 3 nitrogen and oxygen atoms in total. The summed E-state index contributed by atoms with van der Waals surface area (Å²) in [6.45, 7) is 9.61. The number of rotatable bonds is 4. The Labute approximate surface area is 98.0 Å². The number of hydrogen-bond acceptors (Lipinski definition) is 3. The quantitative estimate of drug-likeness (QED) is 0.791. The van der Waals surface area contributed by atoms with E-state index in [1.165, 1.54) is 5.57 Å². The first-order valence-corrected chi connectivity index (χ1v) is 5.66. The van der Waals surface area contributed by atoms with Gasteiger partial charge in [-0.15, -0.1) is 0 Å². The summed E-state index contributed by atoms with van der Waals surface area (Å²) in [6, 6.07) is 0. The largest absolute Gasteiger partial charge is 0.312 e. The van der Waals surface area contributed by atoms with Crippen LogP contribution in [0.25, 0.3) is 5.57 Å². The Hall–Kier alpha value is -1.22. The molecular weight excluding hydrogens is 198 g/mol. The Morgan fingerprint density at radius 2 is 1.94 bits per heavy atom. The Balaban J connectivity index is 2.41. The summed E-state index contributed by atoms with van der Waals surface area (Å²) in [5, 5.41) is 3.45. The van der Waals surface area contributed by atoms with Crippen LogP contribution in [0.4, 0.5) is 0 Å². The van der Waals surface area contributed by atoms with Crippen LogP contribution in [-0.4, -0.2) is 22.1 Å². The van der Waals surface area contributed by atoms with Crippen LogP contribution in [0, 0.1) is 0 Å². The average molecular weight is 219 g/mol. The van der Waals surface area contributed by atoms with Crippen molar-refractivity contribution in [2.24, 2.45) is 0 Å². The molecule has 0 saturated heterocycles. The van der Waals surface area contributed by atoms with Crippen LogP contribution >= 0.6 is 0 Å². The lowest BCUT2D eigenvalue weighted by atomic mass is 10.1. The van der Waals surface area contributed by atoms with E-state index in [0.717, 1.165) is 18.5 Å². The molecule has 1 rings (SSSR count). The molecule has 0 aromatic carbocycles. The zero-order valence-electron chi connectivity index (χ0n) is 10.6. The first-order chi connectivity index (χ1) is 7.49. The zero-order valence-corrected chi connectivity index (χ0v) is 10.6. The normalized spacial score (nSPS) is 12.9. The molecule has 0 amide bonds. The van der Waals surface area contributed by atoms with Gasteiger partial charge in [0, 0.05) is 23.5 Å². The highest BCUT2D eigenvalue weighted by molar-refractivity contribution is 5.61. The third kappa shape index (κ3) is 5.03. The van der Waals surface area contributed by atoms with Crippen LogP contribution in [-0.2, 0) is 0 Å². The average Bonchev–Trinajstić information content (AvgIpc) is 2.24. The zero-order chi connectivity index (χ0) is 12.0. The van der Waals surface area contributed by atoms with Gasteiger partial charge in [-0.3, -0.25) is 0 Å². The highest BCUT2D eigenvalue weighted by Crippen LogP contribution is 2.11.